The van der Waals surface area contributed by atoms with Gasteiger partial charge in [-0.15, -0.1) is 18.2 Å². The van der Waals surface area contributed by atoms with Crippen LogP contribution in [0, 0.1) is 6.92 Å². The first-order chi connectivity index (χ1) is 7.52. The van der Waals surface area contributed by atoms with E-state index in [1.54, 1.807) is 18.7 Å². The third kappa shape index (κ3) is 16.5. The molecule has 0 saturated heterocycles. The summed E-state index contributed by atoms with van der Waals surface area (Å²) in [5.74, 6) is 0. The second-order valence-corrected chi connectivity index (χ2v) is 6.02. The molecular formula is C13H22OS2W. The molecule has 0 unspecified atom stereocenters. The zero-order valence-electron chi connectivity index (χ0n) is 11.1. The van der Waals surface area contributed by atoms with Crippen LogP contribution in [0.4, 0.5) is 0 Å². The molecule has 0 fully saturated rings. The summed E-state index contributed by atoms with van der Waals surface area (Å²) in [5.41, 5.74) is 0. The van der Waals surface area contributed by atoms with Crippen molar-refractivity contribution >= 4 is 34.5 Å². The maximum Gasteiger partial charge on any atom is 2.00 e. The van der Waals surface area contributed by atoms with Crippen molar-refractivity contribution < 1.29 is 25.9 Å². The van der Waals surface area contributed by atoms with Crippen LogP contribution in [0.5, 0.6) is 0 Å². The summed E-state index contributed by atoms with van der Waals surface area (Å²) < 4.78 is 1.07. The smallest absolute Gasteiger partial charge is 0.542 e. The van der Waals surface area contributed by atoms with E-state index in [2.05, 4.69) is 33.8 Å². The van der Waals surface area contributed by atoms with Gasteiger partial charge in [-0.2, -0.15) is 6.92 Å². The second-order valence-electron chi connectivity index (χ2n) is 3.52. The van der Waals surface area contributed by atoms with E-state index in [0.29, 0.717) is 6.42 Å². The first-order valence-corrected chi connectivity index (χ1v) is 6.69. The minimum Gasteiger partial charge on any atom is -0.542 e. The van der Waals surface area contributed by atoms with Crippen LogP contribution in [0.2, 0.25) is 0 Å². The van der Waals surface area contributed by atoms with E-state index >= 15 is 0 Å². The van der Waals surface area contributed by atoms with Crippen LogP contribution in [0.15, 0.2) is 12.2 Å². The number of carbonyl (C=O) groups excluding carboxylic acids is 1. The Morgan fingerprint density at radius 1 is 1.47 bits per heavy atom. The van der Waals surface area contributed by atoms with Crippen molar-refractivity contribution in [3.8, 4) is 0 Å². The number of allylic oxidation sites excluding steroid dienone is 1. The zero-order chi connectivity index (χ0) is 13.0. The number of thiocarbonyl (C=S) groups is 1. The van der Waals surface area contributed by atoms with Crippen molar-refractivity contribution in [2.24, 2.45) is 0 Å². The Labute approximate surface area is 130 Å². The molecule has 0 aromatic heterocycles. The molecule has 4 heteroatoms. The normalized spacial score (nSPS) is 10.2. The van der Waals surface area contributed by atoms with Gasteiger partial charge in [0, 0.05) is 8.94 Å². The van der Waals surface area contributed by atoms with Gasteiger partial charge in [0.1, 0.15) is 0 Å². The van der Waals surface area contributed by atoms with Gasteiger partial charge in [0.15, 0.2) is 0 Å². The van der Waals surface area contributed by atoms with Crippen LogP contribution >= 0.6 is 24.0 Å². The predicted octanol–water partition coefficient (Wildman–Crippen LogP) is 4.52. The van der Waals surface area contributed by atoms with Crippen molar-refractivity contribution in [3.63, 3.8) is 0 Å². The molecule has 0 N–H and O–H groups in total. The van der Waals surface area contributed by atoms with Gasteiger partial charge < -0.3 is 11.7 Å². The van der Waals surface area contributed by atoms with Gasteiger partial charge in [-0.25, -0.2) is 0 Å². The number of hydrogen-bond acceptors (Lipinski definition) is 3. The third-order valence-corrected chi connectivity index (χ3v) is 3.32. The van der Waals surface area contributed by atoms with Crippen LogP contribution < -0.4 is 0 Å². The van der Waals surface area contributed by atoms with Crippen LogP contribution in [-0.4, -0.2) is 15.2 Å². The minimum absolute atomic E-state index is 0. The van der Waals surface area contributed by atoms with Gasteiger partial charge in [0.2, 0.25) is 0 Å². The summed E-state index contributed by atoms with van der Waals surface area (Å²) in [6.45, 7) is 11.3. The molecule has 98 valence electrons. The number of rotatable bonds is 6. The van der Waals surface area contributed by atoms with Crippen molar-refractivity contribution in [2.45, 2.75) is 51.7 Å². The first-order valence-electron chi connectivity index (χ1n) is 5.47. The molecule has 0 rings (SSSR count). The Hall–Kier alpha value is 0.538. The summed E-state index contributed by atoms with van der Waals surface area (Å²) in [5, 5.41) is 0. The average molecular weight is 442 g/mol. The predicted molar refractivity (Wildman–Crippen MR) is 79.7 cm³/mol. The summed E-state index contributed by atoms with van der Waals surface area (Å²) >= 11 is 6.88. The molecule has 0 radical (unpaired) electrons. The summed E-state index contributed by atoms with van der Waals surface area (Å²) in [7, 11) is 0. The van der Waals surface area contributed by atoms with E-state index in [-0.39, 0.29) is 25.8 Å². The molecule has 0 aliphatic heterocycles. The van der Waals surface area contributed by atoms with Gasteiger partial charge in [-0.3, -0.25) is 6.29 Å². The quantitative estimate of drug-likeness (QED) is 0.261. The average Bonchev–Trinajstić information content (AvgIpc) is 2.26. The van der Waals surface area contributed by atoms with Crippen LogP contribution in [-0.2, 0) is 25.9 Å². The van der Waals surface area contributed by atoms with Crippen molar-refractivity contribution in [2.75, 3.05) is 0 Å². The number of hydrogen-bond donors (Lipinski definition) is 0. The van der Waals surface area contributed by atoms with Crippen molar-refractivity contribution in [3.05, 3.63) is 19.1 Å². The fourth-order valence-corrected chi connectivity index (χ4v) is 2.45. The molecule has 0 aliphatic rings. The van der Waals surface area contributed by atoms with E-state index < -0.39 is 0 Å². The van der Waals surface area contributed by atoms with Gasteiger partial charge >= 0.3 is 21.1 Å². The molecule has 0 aromatic carbocycles. The van der Waals surface area contributed by atoms with Crippen LogP contribution in [0.3, 0.4) is 0 Å². The van der Waals surface area contributed by atoms with E-state index in [1.165, 1.54) is 0 Å². The largest absolute Gasteiger partial charge is 2.00 e. The molecule has 1 nitrogen and oxygen atoms in total. The van der Waals surface area contributed by atoms with Crippen LogP contribution in [0.1, 0.15) is 47.0 Å². The second kappa shape index (κ2) is 14.6. The van der Waals surface area contributed by atoms with Crippen molar-refractivity contribution in [1.29, 1.82) is 0 Å². The van der Waals surface area contributed by atoms with Crippen LogP contribution in [0.25, 0.3) is 0 Å². The molecule has 0 aliphatic carbocycles. The zero-order valence-corrected chi connectivity index (χ0v) is 15.7. The van der Waals surface area contributed by atoms with E-state index in [0.717, 1.165) is 17.0 Å². The van der Waals surface area contributed by atoms with Gasteiger partial charge in [0.05, 0.1) is 0 Å². The van der Waals surface area contributed by atoms with Gasteiger partial charge in [-0.1, -0.05) is 37.7 Å². The third-order valence-electron chi connectivity index (χ3n) is 1.60. The van der Waals surface area contributed by atoms with E-state index in [1.807, 2.05) is 12.4 Å². The molecule has 0 atom stereocenters. The summed E-state index contributed by atoms with van der Waals surface area (Å²) in [6, 6.07) is 0. The van der Waals surface area contributed by atoms with Crippen molar-refractivity contribution in [1.82, 2.24) is 0 Å². The Morgan fingerprint density at radius 3 is 2.41 bits per heavy atom. The van der Waals surface area contributed by atoms with Gasteiger partial charge in [-0.05, 0) is 20.3 Å². The number of unbranched alkanes of at least 4 members (excludes halogenated alkanes) is 1. The molecule has 0 saturated carbocycles. The minimum atomic E-state index is 0. The number of thioether (sulfide) groups is 1. The Morgan fingerprint density at radius 2 is 2.00 bits per heavy atom. The van der Waals surface area contributed by atoms with E-state index in [4.69, 9.17) is 12.2 Å². The molecule has 0 heterocycles. The standard InChI is InChI=1S/C11H17OS2.C2H5.W/c1-4-10(13)14-11(2,3)8-6-5-7-9-12;1-2;/h6,8H,4-5,7H2,1-3H3;1H2,2H3;/q2*-1;+2/b8-6+;;. The van der Waals surface area contributed by atoms with Gasteiger partial charge in [0.25, 0.3) is 0 Å². The fourth-order valence-electron chi connectivity index (χ4n) is 0.909. The Balaban J connectivity index is -0.000000616. The molecular weight excluding hydrogens is 420 g/mol. The SMILES string of the molecule is CCC(=S)SC(C)(C)/C=C/CC[C-]=O.[CH2-]C.[W+2]. The monoisotopic (exact) mass is 442 g/mol. The first kappa shape index (κ1) is 22.7. The molecule has 0 amide bonds. The Kier molecular flexibility index (Phi) is 19.5. The maximum atomic E-state index is 9.97. The molecule has 17 heavy (non-hydrogen) atoms. The Bertz CT molecular complexity index is 225. The topological polar surface area (TPSA) is 17.1 Å². The summed E-state index contributed by atoms with van der Waals surface area (Å²) in [4.78, 5) is 9.97. The molecule has 0 spiro atoms. The summed E-state index contributed by atoms with van der Waals surface area (Å²) in [6.07, 6.45) is 8.19. The van der Waals surface area contributed by atoms with E-state index in [9.17, 15) is 4.79 Å². The fraction of sp³-hybridized carbons (Fsp3) is 0.615. The molecule has 0 bridgehead atoms. The molecule has 0 aromatic rings. The maximum absolute atomic E-state index is 9.97.